The summed E-state index contributed by atoms with van der Waals surface area (Å²) in [6.45, 7) is 3.33. The Labute approximate surface area is 163 Å². The van der Waals surface area contributed by atoms with E-state index in [1.165, 1.54) is 6.20 Å². The molecule has 0 unspecified atom stereocenters. The van der Waals surface area contributed by atoms with Crippen molar-refractivity contribution in [2.24, 2.45) is 0 Å². The highest BCUT2D eigenvalue weighted by atomic mass is 19.3. The van der Waals surface area contributed by atoms with Gasteiger partial charge in [0.25, 0.3) is 12.0 Å². The smallest absolute Gasteiger partial charge is 0.289 e. The molecule has 4 rings (SSSR count). The molecule has 152 valence electrons. The molecule has 0 saturated heterocycles. The summed E-state index contributed by atoms with van der Waals surface area (Å²) in [6.07, 6.45) is -0.412. The van der Waals surface area contributed by atoms with Crippen LogP contribution in [0.1, 0.15) is 36.9 Å². The van der Waals surface area contributed by atoms with Gasteiger partial charge in [0.1, 0.15) is 29.0 Å². The van der Waals surface area contributed by atoms with Gasteiger partial charge in [-0.1, -0.05) is 18.2 Å². The van der Waals surface area contributed by atoms with Crippen LogP contribution < -0.4 is 10.9 Å². The average Bonchev–Trinajstić information content (AvgIpc) is 3.49. The Kier molecular flexibility index (Phi) is 4.55. The first-order chi connectivity index (χ1) is 13.8. The monoisotopic (exact) mass is 406 g/mol. The highest BCUT2D eigenvalue weighted by molar-refractivity contribution is 5.88. The summed E-state index contributed by atoms with van der Waals surface area (Å²) >= 11 is 0. The summed E-state index contributed by atoms with van der Waals surface area (Å²) in [6, 6.07) is 4.40. The van der Waals surface area contributed by atoms with Crippen LogP contribution in [0.2, 0.25) is 0 Å². The van der Waals surface area contributed by atoms with E-state index in [1.54, 1.807) is 32.0 Å². The Morgan fingerprint density at radius 1 is 1.17 bits per heavy atom. The number of aromatic nitrogens is 3. The van der Waals surface area contributed by atoms with Gasteiger partial charge in [-0.25, -0.2) is 23.1 Å². The van der Waals surface area contributed by atoms with E-state index in [-0.39, 0.29) is 35.4 Å². The van der Waals surface area contributed by atoms with E-state index in [9.17, 15) is 22.4 Å². The van der Waals surface area contributed by atoms with Gasteiger partial charge in [0, 0.05) is 11.8 Å². The number of benzene rings is 1. The van der Waals surface area contributed by atoms with E-state index in [0.717, 1.165) is 10.9 Å². The minimum Gasteiger partial charge on any atom is -0.363 e. The van der Waals surface area contributed by atoms with E-state index in [4.69, 9.17) is 0 Å². The lowest BCUT2D eigenvalue weighted by molar-refractivity contribution is 0.0648. The molecule has 0 radical (unpaired) electrons. The second kappa shape index (κ2) is 6.82. The molecular formula is C20H18F4N4O. The molecule has 29 heavy (non-hydrogen) atoms. The SMILES string of the molecule is Cc1cccc([C@@H](C)Nc2ncnc3c(F)c(=O)n(C4(C(F)F)CC4)cc23)c1F. The third-order valence-electron chi connectivity index (χ3n) is 5.45. The molecule has 0 spiro atoms. The number of nitrogens with zero attached hydrogens (tertiary/aromatic N) is 3. The molecule has 1 aromatic carbocycles. The number of rotatable bonds is 5. The number of hydrogen-bond donors (Lipinski definition) is 1. The Bertz CT molecular complexity index is 1160. The molecule has 0 bridgehead atoms. The number of nitrogens with one attached hydrogen (secondary N) is 1. The predicted molar refractivity (Wildman–Crippen MR) is 100 cm³/mol. The predicted octanol–water partition coefficient (Wildman–Crippen LogP) is 4.31. The Morgan fingerprint density at radius 3 is 2.55 bits per heavy atom. The highest BCUT2D eigenvalue weighted by Gasteiger charge is 2.54. The first kappa shape index (κ1) is 19.4. The lowest BCUT2D eigenvalue weighted by Gasteiger charge is -2.21. The van der Waals surface area contributed by atoms with Crippen LogP contribution in [-0.4, -0.2) is 21.0 Å². The lowest BCUT2D eigenvalue weighted by atomic mass is 10.0. The Balaban J connectivity index is 1.83. The maximum Gasteiger partial charge on any atom is 0.289 e. The van der Waals surface area contributed by atoms with Crippen molar-refractivity contribution in [3.05, 3.63) is 63.8 Å². The standard InChI is InChI=1S/C20H18F4N4O/c1-10-4-3-5-12(14(10)21)11(2)27-17-13-8-28(20(6-7-20)19(23)24)18(29)15(22)16(13)25-9-26-17/h3-5,8-9,11,19H,6-7H2,1-2H3,(H,25,26,27)/t11-/m1/s1. The van der Waals surface area contributed by atoms with Crippen LogP contribution in [0.3, 0.4) is 0 Å². The summed E-state index contributed by atoms with van der Waals surface area (Å²) in [5, 5.41) is 3.06. The molecule has 1 atom stereocenters. The number of alkyl halides is 2. The largest absolute Gasteiger partial charge is 0.363 e. The molecule has 0 amide bonds. The van der Waals surface area contributed by atoms with E-state index in [1.807, 2.05) is 0 Å². The molecule has 3 aromatic rings. The molecule has 1 N–H and O–H groups in total. The normalized spacial score (nSPS) is 16.2. The number of fused-ring (bicyclic) bond motifs is 1. The average molecular weight is 406 g/mol. The zero-order valence-electron chi connectivity index (χ0n) is 15.7. The van der Waals surface area contributed by atoms with Crippen LogP contribution >= 0.6 is 0 Å². The van der Waals surface area contributed by atoms with Crippen LogP contribution in [0.15, 0.2) is 35.5 Å². The van der Waals surface area contributed by atoms with Gasteiger partial charge in [-0.2, -0.15) is 4.39 Å². The van der Waals surface area contributed by atoms with Gasteiger partial charge in [-0.3, -0.25) is 4.79 Å². The van der Waals surface area contributed by atoms with Crippen molar-refractivity contribution in [2.45, 2.75) is 44.7 Å². The van der Waals surface area contributed by atoms with Crippen LogP contribution in [0.4, 0.5) is 23.4 Å². The highest BCUT2D eigenvalue weighted by Crippen LogP contribution is 2.48. The van der Waals surface area contributed by atoms with Gasteiger partial charge < -0.3 is 9.88 Å². The van der Waals surface area contributed by atoms with E-state index in [0.29, 0.717) is 11.1 Å². The zero-order chi connectivity index (χ0) is 20.9. The first-order valence-electron chi connectivity index (χ1n) is 9.12. The minimum absolute atomic E-state index is 0.0800. The van der Waals surface area contributed by atoms with Crippen LogP contribution in [0.25, 0.3) is 10.9 Å². The summed E-state index contributed by atoms with van der Waals surface area (Å²) in [5.74, 6) is -1.47. The Morgan fingerprint density at radius 2 is 1.90 bits per heavy atom. The molecule has 1 fully saturated rings. The second-order valence-electron chi connectivity index (χ2n) is 7.35. The fraction of sp³-hybridized carbons (Fsp3) is 0.350. The van der Waals surface area contributed by atoms with Gasteiger partial charge in [-0.05, 0) is 32.3 Å². The van der Waals surface area contributed by atoms with E-state index < -0.39 is 29.4 Å². The van der Waals surface area contributed by atoms with Crippen molar-refractivity contribution in [1.82, 2.24) is 14.5 Å². The number of aryl methyl sites for hydroxylation is 1. The number of halogens is 4. The van der Waals surface area contributed by atoms with Crippen LogP contribution in [0.5, 0.6) is 0 Å². The van der Waals surface area contributed by atoms with Gasteiger partial charge in [0.15, 0.2) is 0 Å². The topological polar surface area (TPSA) is 59.8 Å². The fourth-order valence-electron chi connectivity index (χ4n) is 3.51. The number of anilines is 1. The Hall–Kier alpha value is -2.97. The van der Waals surface area contributed by atoms with Crippen LogP contribution in [-0.2, 0) is 5.54 Å². The van der Waals surface area contributed by atoms with Gasteiger partial charge in [0.05, 0.1) is 11.4 Å². The molecule has 5 nitrogen and oxygen atoms in total. The van der Waals surface area contributed by atoms with E-state index >= 15 is 0 Å². The van der Waals surface area contributed by atoms with Gasteiger partial charge >= 0.3 is 0 Å². The third-order valence-corrected chi connectivity index (χ3v) is 5.45. The summed E-state index contributed by atoms with van der Waals surface area (Å²) in [5.41, 5.74) is -2.27. The molecule has 1 aliphatic carbocycles. The van der Waals surface area contributed by atoms with Crippen LogP contribution in [0, 0.1) is 18.6 Å². The summed E-state index contributed by atoms with van der Waals surface area (Å²) < 4.78 is 56.9. The minimum atomic E-state index is -2.81. The third kappa shape index (κ3) is 3.04. The lowest BCUT2D eigenvalue weighted by Crippen LogP contribution is -2.37. The zero-order valence-corrected chi connectivity index (χ0v) is 15.7. The quantitative estimate of drug-likeness (QED) is 0.642. The van der Waals surface area contributed by atoms with Crippen molar-refractivity contribution in [3.63, 3.8) is 0 Å². The maximum absolute atomic E-state index is 14.7. The van der Waals surface area contributed by atoms with Crippen molar-refractivity contribution in [1.29, 1.82) is 0 Å². The van der Waals surface area contributed by atoms with Crippen molar-refractivity contribution in [2.75, 3.05) is 5.32 Å². The fourth-order valence-corrected chi connectivity index (χ4v) is 3.51. The summed E-state index contributed by atoms with van der Waals surface area (Å²) in [7, 11) is 0. The number of hydrogen-bond acceptors (Lipinski definition) is 4. The van der Waals surface area contributed by atoms with Crippen molar-refractivity contribution in [3.8, 4) is 0 Å². The maximum atomic E-state index is 14.7. The number of pyridine rings is 1. The molecule has 2 heterocycles. The molecule has 2 aromatic heterocycles. The van der Waals surface area contributed by atoms with E-state index in [2.05, 4.69) is 15.3 Å². The molecule has 1 aliphatic rings. The van der Waals surface area contributed by atoms with Gasteiger partial charge in [-0.15, -0.1) is 0 Å². The molecule has 9 heteroatoms. The summed E-state index contributed by atoms with van der Waals surface area (Å²) in [4.78, 5) is 20.2. The van der Waals surface area contributed by atoms with Crippen molar-refractivity contribution >= 4 is 16.7 Å². The molecule has 0 aliphatic heterocycles. The van der Waals surface area contributed by atoms with Crippen molar-refractivity contribution < 1.29 is 17.6 Å². The molecule has 1 saturated carbocycles. The molecular weight excluding hydrogens is 388 g/mol. The second-order valence-corrected chi connectivity index (χ2v) is 7.35. The van der Waals surface area contributed by atoms with Gasteiger partial charge in [0.2, 0.25) is 5.82 Å². The first-order valence-corrected chi connectivity index (χ1v) is 9.12.